The molecule has 4 rings (SSSR count). The Bertz CT molecular complexity index is 892. The van der Waals surface area contributed by atoms with Crippen LogP contribution in [0.1, 0.15) is 19.4 Å². The lowest BCUT2D eigenvalue weighted by atomic mass is 9.92. The summed E-state index contributed by atoms with van der Waals surface area (Å²) in [5, 5.41) is 20.5. The first kappa shape index (κ1) is 17.6. The Balaban J connectivity index is 1.57. The van der Waals surface area contributed by atoms with E-state index in [-0.39, 0.29) is 24.5 Å². The number of nitrogens with one attached hydrogen (secondary N) is 1. The lowest BCUT2D eigenvalue weighted by Crippen LogP contribution is -2.44. The lowest BCUT2D eigenvalue weighted by molar-refractivity contribution is -0.134. The minimum atomic E-state index is -0.570. The average molecular weight is 368 g/mol. The number of hydrogen-bond donors (Lipinski definition) is 2. The summed E-state index contributed by atoms with van der Waals surface area (Å²) in [5.74, 6) is -1.33. The van der Waals surface area contributed by atoms with Gasteiger partial charge < -0.3 is 9.84 Å². The predicted molar refractivity (Wildman–Crippen MR) is 95.3 cm³/mol. The summed E-state index contributed by atoms with van der Waals surface area (Å²) in [4.78, 5) is 23.8. The smallest absolute Gasteiger partial charge is 0.253 e. The highest BCUT2D eigenvalue weighted by molar-refractivity contribution is 6.08. The molecule has 1 aromatic carbocycles. The van der Waals surface area contributed by atoms with E-state index >= 15 is 0 Å². The van der Waals surface area contributed by atoms with Crippen molar-refractivity contribution in [3.8, 4) is 11.3 Å². The fourth-order valence-corrected chi connectivity index (χ4v) is 3.61. The molecule has 3 heterocycles. The zero-order chi connectivity index (χ0) is 19.0. The Morgan fingerprint density at radius 3 is 2.81 bits per heavy atom. The van der Waals surface area contributed by atoms with Crippen LogP contribution in [0, 0.1) is 5.92 Å². The van der Waals surface area contributed by atoms with Gasteiger partial charge in [-0.25, -0.2) is 4.68 Å². The minimum Gasteiger partial charge on any atom is -0.394 e. The molecule has 1 aromatic heterocycles. The van der Waals surface area contributed by atoms with Crippen LogP contribution in [-0.4, -0.2) is 50.7 Å². The Kier molecular flexibility index (Phi) is 4.59. The van der Waals surface area contributed by atoms with Crippen molar-refractivity contribution in [1.82, 2.24) is 20.3 Å². The van der Waals surface area contributed by atoms with Gasteiger partial charge in [-0.2, -0.15) is 0 Å². The second-order valence-electron chi connectivity index (χ2n) is 6.84. The largest absolute Gasteiger partial charge is 0.394 e. The highest BCUT2D eigenvalue weighted by Gasteiger charge is 2.43. The summed E-state index contributed by atoms with van der Waals surface area (Å²) < 4.78 is 7.62. The molecule has 1 unspecified atom stereocenters. The van der Waals surface area contributed by atoms with Crippen LogP contribution >= 0.6 is 0 Å². The van der Waals surface area contributed by atoms with Gasteiger partial charge in [0.1, 0.15) is 11.8 Å². The summed E-state index contributed by atoms with van der Waals surface area (Å²) in [6.45, 7) is 1.46. The van der Waals surface area contributed by atoms with Gasteiger partial charge in [0, 0.05) is 11.1 Å². The second kappa shape index (κ2) is 7.05. The molecule has 2 aromatic rings. The molecule has 8 heteroatoms. The first-order chi connectivity index (χ1) is 13.1. The number of hydrogen-bond acceptors (Lipinski definition) is 6. The number of amides is 2. The fraction of sp³-hybridized carbons (Fsp3) is 0.368. The maximum atomic E-state index is 12.2. The van der Waals surface area contributed by atoms with Gasteiger partial charge in [0.25, 0.3) is 5.91 Å². The molecule has 2 N–H and O–H groups in total. The molecule has 1 saturated heterocycles. The van der Waals surface area contributed by atoms with E-state index in [1.807, 2.05) is 36.5 Å². The van der Waals surface area contributed by atoms with E-state index in [2.05, 4.69) is 15.6 Å². The number of imide groups is 1. The molecule has 1 fully saturated rings. The SMILES string of the molecule is CC1=CC([C@H]2C[C@H](n3cc(-c4ccccc4)nn3)[C@@H](CO)O2)C(=O)NC1=O. The topological polar surface area (TPSA) is 106 Å². The number of nitrogens with zero attached hydrogens (tertiary/aromatic N) is 3. The Morgan fingerprint density at radius 2 is 2.07 bits per heavy atom. The summed E-state index contributed by atoms with van der Waals surface area (Å²) >= 11 is 0. The normalized spacial score (nSPS) is 28.1. The fourth-order valence-electron chi connectivity index (χ4n) is 3.61. The second-order valence-corrected chi connectivity index (χ2v) is 6.84. The van der Waals surface area contributed by atoms with Crippen molar-refractivity contribution in [3.05, 3.63) is 48.2 Å². The van der Waals surface area contributed by atoms with Crippen molar-refractivity contribution in [2.24, 2.45) is 5.92 Å². The number of aliphatic hydroxyl groups is 1. The Labute approximate surface area is 155 Å². The quantitative estimate of drug-likeness (QED) is 0.775. The van der Waals surface area contributed by atoms with Gasteiger partial charge in [0.15, 0.2) is 0 Å². The molecule has 140 valence electrons. The standard InChI is InChI=1S/C19H20N4O4/c1-11-7-13(19(26)20-18(11)25)16-8-15(17(10-24)27-16)23-9-14(21-22-23)12-5-3-2-4-6-12/h2-7,9,13,15-17,24H,8,10H2,1H3,(H,20,25,26)/t13?,15-,16+,17+/m0/s1. The maximum absolute atomic E-state index is 12.2. The zero-order valence-corrected chi connectivity index (χ0v) is 14.8. The highest BCUT2D eigenvalue weighted by atomic mass is 16.5. The molecule has 0 radical (unpaired) electrons. The molecule has 0 bridgehead atoms. The molecule has 0 saturated carbocycles. The van der Waals surface area contributed by atoms with Crippen molar-refractivity contribution < 1.29 is 19.4 Å². The molecule has 27 heavy (non-hydrogen) atoms. The van der Waals surface area contributed by atoms with E-state index in [9.17, 15) is 14.7 Å². The van der Waals surface area contributed by atoms with E-state index < -0.39 is 18.1 Å². The number of carbonyl (C=O) groups excluding carboxylic acids is 2. The van der Waals surface area contributed by atoms with Crippen LogP contribution in [0.3, 0.4) is 0 Å². The molecule has 8 nitrogen and oxygen atoms in total. The monoisotopic (exact) mass is 368 g/mol. The van der Waals surface area contributed by atoms with Crippen LogP contribution in [0.15, 0.2) is 48.2 Å². The van der Waals surface area contributed by atoms with Crippen LogP contribution in [-0.2, 0) is 14.3 Å². The van der Waals surface area contributed by atoms with Crippen LogP contribution in [0.2, 0.25) is 0 Å². The van der Waals surface area contributed by atoms with Gasteiger partial charge in [0.05, 0.1) is 30.9 Å². The van der Waals surface area contributed by atoms with Crippen molar-refractivity contribution in [1.29, 1.82) is 0 Å². The van der Waals surface area contributed by atoms with Gasteiger partial charge in [-0.15, -0.1) is 5.10 Å². The summed E-state index contributed by atoms with van der Waals surface area (Å²) in [6, 6.07) is 9.43. The average Bonchev–Trinajstić information content (AvgIpc) is 3.32. The third-order valence-electron chi connectivity index (χ3n) is 5.08. The molecule has 2 aliphatic heterocycles. The number of aromatic nitrogens is 3. The van der Waals surface area contributed by atoms with Gasteiger partial charge in [-0.3, -0.25) is 14.9 Å². The number of aliphatic hydroxyl groups excluding tert-OH is 1. The van der Waals surface area contributed by atoms with Crippen LogP contribution < -0.4 is 5.32 Å². The third kappa shape index (κ3) is 3.29. The van der Waals surface area contributed by atoms with Crippen LogP contribution in [0.25, 0.3) is 11.3 Å². The van der Waals surface area contributed by atoms with Gasteiger partial charge in [-0.1, -0.05) is 41.6 Å². The van der Waals surface area contributed by atoms with E-state index in [1.165, 1.54) is 0 Å². The minimum absolute atomic E-state index is 0.197. The highest BCUT2D eigenvalue weighted by Crippen LogP contribution is 2.36. The van der Waals surface area contributed by atoms with Gasteiger partial charge in [-0.05, 0) is 13.3 Å². The first-order valence-corrected chi connectivity index (χ1v) is 8.84. The molecular weight excluding hydrogens is 348 g/mol. The Hall–Kier alpha value is -2.84. The third-order valence-corrected chi connectivity index (χ3v) is 5.08. The van der Waals surface area contributed by atoms with Crippen LogP contribution in [0.5, 0.6) is 0 Å². The summed E-state index contributed by atoms with van der Waals surface area (Å²) in [6.07, 6.45) is 3.00. The van der Waals surface area contributed by atoms with Crippen molar-refractivity contribution in [2.75, 3.05) is 6.61 Å². The van der Waals surface area contributed by atoms with Crippen molar-refractivity contribution in [3.63, 3.8) is 0 Å². The van der Waals surface area contributed by atoms with E-state index in [1.54, 1.807) is 17.7 Å². The molecule has 0 spiro atoms. The lowest BCUT2D eigenvalue weighted by Gasteiger charge is -2.23. The van der Waals surface area contributed by atoms with E-state index in [0.29, 0.717) is 12.0 Å². The van der Waals surface area contributed by atoms with E-state index in [0.717, 1.165) is 11.3 Å². The molecular formula is C19H20N4O4. The predicted octanol–water partition coefficient (Wildman–Crippen LogP) is 0.855. The van der Waals surface area contributed by atoms with Crippen molar-refractivity contribution in [2.45, 2.75) is 31.6 Å². The number of ether oxygens (including phenoxy) is 1. The molecule has 2 aliphatic rings. The van der Waals surface area contributed by atoms with Crippen LogP contribution in [0.4, 0.5) is 0 Å². The summed E-state index contributed by atoms with van der Waals surface area (Å²) in [7, 11) is 0. The molecule has 4 atom stereocenters. The number of benzene rings is 1. The first-order valence-electron chi connectivity index (χ1n) is 8.84. The molecule has 0 aliphatic carbocycles. The van der Waals surface area contributed by atoms with Gasteiger partial charge >= 0.3 is 0 Å². The van der Waals surface area contributed by atoms with Crippen molar-refractivity contribution >= 4 is 11.8 Å². The molecule has 2 amide bonds. The zero-order valence-electron chi connectivity index (χ0n) is 14.8. The number of carbonyl (C=O) groups is 2. The maximum Gasteiger partial charge on any atom is 0.253 e. The van der Waals surface area contributed by atoms with Gasteiger partial charge in [0.2, 0.25) is 5.91 Å². The summed E-state index contributed by atoms with van der Waals surface area (Å²) in [5.41, 5.74) is 2.16. The number of rotatable bonds is 4. The van der Waals surface area contributed by atoms with E-state index in [4.69, 9.17) is 4.74 Å². The Morgan fingerprint density at radius 1 is 1.30 bits per heavy atom.